The number of methoxy groups -OCH3 is 1. The zero-order valence-electron chi connectivity index (χ0n) is 21.4. The number of hydrogen-bond donors (Lipinski definition) is 1. The highest BCUT2D eigenvalue weighted by molar-refractivity contribution is 6.51. The minimum atomic E-state index is -0.836. The summed E-state index contributed by atoms with van der Waals surface area (Å²) in [6.45, 7) is 6.47. The highest BCUT2D eigenvalue weighted by Gasteiger charge is 2.47. The van der Waals surface area contributed by atoms with Crippen LogP contribution in [0.3, 0.4) is 0 Å². The predicted molar refractivity (Wildman–Crippen MR) is 142 cm³/mol. The Balaban J connectivity index is 1.81. The van der Waals surface area contributed by atoms with Gasteiger partial charge in [0.25, 0.3) is 11.7 Å². The van der Waals surface area contributed by atoms with Crippen molar-refractivity contribution in [3.8, 4) is 17.2 Å². The van der Waals surface area contributed by atoms with Crippen molar-refractivity contribution in [2.24, 2.45) is 0 Å². The SMILES string of the molecule is CCCOc1ccc(/C(O)=C2\C(=O)C(=O)N(c3ccc(OC)cc3)C2c2ccc(OC(C)C)cc2)cc1. The standard InChI is InChI=1S/C30H31NO6/c1-5-18-36-24-12-8-21(9-13-24)28(32)26-27(20-6-14-25(15-7-20)37-19(2)3)31(30(34)29(26)33)22-10-16-23(35-4)17-11-22/h6-17,19,27,32H,5,18H2,1-4H3/b28-26+. The number of carbonyl (C=O) groups excluding carboxylic acids is 2. The third-order valence-electron chi connectivity index (χ3n) is 5.96. The maximum absolute atomic E-state index is 13.3. The predicted octanol–water partition coefficient (Wildman–Crippen LogP) is 5.90. The van der Waals surface area contributed by atoms with Gasteiger partial charge in [0.05, 0.1) is 31.4 Å². The van der Waals surface area contributed by atoms with Crippen LogP contribution in [0, 0.1) is 0 Å². The second-order valence-corrected chi connectivity index (χ2v) is 8.98. The maximum atomic E-state index is 13.3. The Hall–Kier alpha value is -4.26. The van der Waals surface area contributed by atoms with Crippen molar-refractivity contribution >= 4 is 23.1 Å². The zero-order valence-corrected chi connectivity index (χ0v) is 21.4. The van der Waals surface area contributed by atoms with E-state index in [1.54, 1.807) is 79.9 Å². The number of benzene rings is 3. The Bertz CT molecular complexity index is 1280. The lowest BCUT2D eigenvalue weighted by atomic mass is 9.95. The van der Waals surface area contributed by atoms with E-state index in [0.717, 1.165) is 6.42 Å². The van der Waals surface area contributed by atoms with Gasteiger partial charge in [0.2, 0.25) is 0 Å². The Morgan fingerprint density at radius 3 is 2.05 bits per heavy atom. The second kappa shape index (κ2) is 11.2. The van der Waals surface area contributed by atoms with Gasteiger partial charge in [-0.05, 0) is 86.5 Å². The second-order valence-electron chi connectivity index (χ2n) is 8.98. The van der Waals surface area contributed by atoms with Crippen LogP contribution >= 0.6 is 0 Å². The van der Waals surface area contributed by atoms with Gasteiger partial charge in [-0.2, -0.15) is 0 Å². The van der Waals surface area contributed by atoms with Crippen molar-refractivity contribution in [1.82, 2.24) is 0 Å². The summed E-state index contributed by atoms with van der Waals surface area (Å²) in [5, 5.41) is 11.3. The number of carbonyl (C=O) groups is 2. The molecule has 0 aromatic heterocycles. The Labute approximate surface area is 216 Å². The average molecular weight is 502 g/mol. The molecule has 0 bridgehead atoms. The van der Waals surface area contributed by atoms with Gasteiger partial charge in [-0.3, -0.25) is 14.5 Å². The fourth-order valence-electron chi connectivity index (χ4n) is 4.24. The number of nitrogens with zero attached hydrogens (tertiary/aromatic N) is 1. The summed E-state index contributed by atoms with van der Waals surface area (Å²) in [6.07, 6.45) is 0.873. The smallest absolute Gasteiger partial charge is 0.300 e. The Morgan fingerprint density at radius 1 is 0.892 bits per heavy atom. The van der Waals surface area contributed by atoms with Gasteiger partial charge in [-0.15, -0.1) is 0 Å². The number of aliphatic hydroxyl groups is 1. The lowest BCUT2D eigenvalue weighted by molar-refractivity contribution is -0.132. The molecule has 3 aromatic rings. The molecule has 1 atom stereocenters. The summed E-state index contributed by atoms with van der Waals surface area (Å²) in [5.41, 5.74) is 1.61. The normalized spacial score (nSPS) is 16.8. The minimum absolute atomic E-state index is 0.0000579. The molecule has 0 aliphatic carbocycles. The highest BCUT2D eigenvalue weighted by atomic mass is 16.5. The third-order valence-corrected chi connectivity index (χ3v) is 5.96. The lowest BCUT2D eigenvalue weighted by Crippen LogP contribution is -2.29. The van der Waals surface area contributed by atoms with E-state index < -0.39 is 17.7 Å². The van der Waals surface area contributed by atoms with Crippen LogP contribution in [0.4, 0.5) is 5.69 Å². The molecule has 7 heteroatoms. The minimum Gasteiger partial charge on any atom is -0.507 e. The zero-order chi connectivity index (χ0) is 26.5. The largest absolute Gasteiger partial charge is 0.507 e. The highest BCUT2D eigenvalue weighted by Crippen LogP contribution is 2.43. The first-order chi connectivity index (χ1) is 17.8. The monoisotopic (exact) mass is 501 g/mol. The van der Waals surface area contributed by atoms with E-state index >= 15 is 0 Å². The molecule has 1 unspecified atom stereocenters. The average Bonchev–Trinajstić information content (AvgIpc) is 3.17. The molecule has 0 saturated carbocycles. The van der Waals surface area contributed by atoms with Crippen LogP contribution in [0.15, 0.2) is 78.4 Å². The van der Waals surface area contributed by atoms with Crippen LogP contribution in [0.25, 0.3) is 5.76 Å². The molecule has 0 radical (unpaired) electrons. The van der Waals surface area contributed by atoms with E-state index in [4.69, 9.17) is 14.2 Å². The molecule has 1 N–H and O–H groups in total. The van der Waals surface area contributed by atoms with Gasteiger partial charge >= 0.3 is 0 Å². The number of aliphatic hydroxyl groups excluding tert-OH is 1. The van der Waals surface area contributed by atoms with Crippen LogP contribution in [-0.4, -0.2) is 36.6 Å². The number of anilines is 1. The molecule has 1 heterocycles. The van der Waals surface area contributed by atoms with Gasteiger partial charge < -0.3 is 19.3 Å². The molecule has 192 valence electrons. The number of ether oxygens (including phenoxy) is 3. The fraction of sp³-hybridized carbons (Fsp3) is 0.267. The molecule has 1 saturated heterocycles. The van der Waals surface area contributed by atoms with Gasteiger partial charge in [-0.1, -0.05) is 19.1 Å². The van der Waals surface area contributed by atoms with Crippen LogP contribution in [0.1, 0.15) is 44.4 Å². The van der Waals surface area contributed by atoms with Crippen LogP contribution in [-0.2, 0) is 9.59 Å². The number of rotatable bonds is 9. The van der Waals surface area contributed by atoms with Crippen molar-refractivity contribution in [3.63, 3.8) is 0 Å². The molecule has 0 spiro atoms. The molecular formula is C30H31NO6. The van der Waals surface area contributed by atoms with E-state index in [9.17, 15) is 14.7 Å². The fourth-order valence-corrected chi connectivity index (χ4v) is 4.24. The lowest BCUT2D eigenvalue weighted by Gasteiger charge is -2.26. The van der Waals surface area contributed by atoms with Crippen LogP contribution in [0.5, 0.6) is 17.2 Å². The van der Waals surface area contributed by atoms with Gasteiger partial charge in [0.1, 0.15) is 23.0 Å². The first-order valence-electron chi connectivity index (χ1n) is 12.3. The number of ketones is 1. The van der Waals surface area contributed by atoms with Crippen LogP contribution in [0.2, 0.25) is 0 Å². The first kappa shape index (κ1) is 25.8. The molecule has 1 fully saturated rings. The summed E-state index contributed by atoms with van der Waals surface area (Å²) >= 11 is 0. The van der Waals surface area contributed by atoms with Crippen molar-refractivity contribution in [2.75, 3.05) is 18.6 Å². The van der Waals surface area contributed by atoms with Crippen molar-refractivity contribution in [3.05, 3.63) is 89.5 Å². The number of hydrogen-bond acceptors (Lipinski definition) is 6. The first-order valence-corrected chi connectivity index (χ1v) is 12.3. The van der Waals surface area contributed by atoms with Crippen molar-refractivity contribution in [1.29, 1.82) is 0 Å². The van der Waals surface area contributed by atoms with Crippen molar-refractivity contribution < 1.29 is 28.9 Å². The Kier molecular flexibility index (Phi) is 7.82. The van der Waals surface area contributed by atoms with E-state index in [1.807, 2.05) is 20.8 Å². The summed E-state index contributed by atoms with van der Waals surface area (Å²) < 4.78 is 16.6. The topological polar surface area (TPSA) is 85.3 Å². The number of amides is 1. The summed E-state index contributed by atoms with van der Waals surface area (Å²) in [4.78, 5) is 28.1. The molecule has 1 aliphatic heterocycles. The van der Waals surface area contributed by atoms with E-state index in [1.165, 1.54) is 4.90 Å². The van der Waals surface area contributed by atoms with E-state index in [-0.39, 0.29) is 17.4 Å². The van der Waals surface area contributed by atoms with Gasteiger partial charge in [0.15, 0.2) is 0 Å². The molecule has 1 aliphatic rings. The molecule has 3 aromatic carbocycles. The molecule has 37 heavy (non-hydrogen) atoms. The maximum Gasteiger partial charge on any atom is 0.300 e. The van der Waals surface area contributed by atoms with E-state index in [2.05, 4.69) is 0 Å². The van der Waals surface area contributed by atoms with Gasteiger partial charge in [0, 0.05) is 11.3 Å². The third kappa shape index (κ3) is 5.45. The summed E-state index contributed by atoms with van der Waals surface area (Å²) in [7, 11) is 1.56. The van der Waals surface area contributed by atoms with E-state index in [0.29, 0.717) is 40.7 Å². The molecule has 1 amide bonds. The Morgan fingerprint density at radius 2 is 1.49 bits per heavy atom. The molecular weight excluding hydrogens is 470 g/mol. The molecule has 7 nitrogen and oxygen atoms in total. The van der Waals surface area contributed by atoms with Crippen molar-refractivity contribution in [2.45, 2.75) is 39.3 Å². The number of Topliss-reactive ketones (excluding diaryl/α,β-unsaturated/α-hetero) is 1. The van der Waals surface area contributed by atoms with Gasteiger partial charge in [-0.25, -0.2) is 0 Å². The van der Waals surface area contributed by atoms with Crippen LogP contribution < -0.4 is 19.1 Å². The summed E-state index contributed by atoms with van der Waals surface area (Å²) in [6, 6.07) is 20.1. The molecule has 4 rings (SSSR count). The quantitative estimate of drug-likeness (QED) is 0.223. The summed E-state index contributed by atoms with van der Waals surface area (Å²) in [5.74, 6) is 0.229.